The lowest BCUT2D eigenvalue weighted by atomic mass is 9.96. The van der Waals surface area contributed by atoms with Crippen molar-refractivity contribution < 1.29 is 4.39 Å². The Balaban J connectivity index is 1.88. The fraction of sp³-hybridized carbons (Fsp3) is 0.300. The van der Waals surface area contributed by atoms with Gasteiger partial charge in [-0.05, 0) is 84.6 Å². The predicted octanol–water partition coefficient (Wildman–Crippen LogP) is 4.99. The van der Waals surface area contributed by atoms with Gasteiger partial charge in [0.1, 0.15) is 5.82 Å². The normalized spacial score (nSPS) is 18.4. The quantitative estimate of drug-likeness (QED) is 0.767. The molecule has 0 aromatic heterocycles. The molecule has 0 saturated carbocycles. The van der Waals surface area contributed by atoms with Crippen LogP contribution in [0.15, 0.2) is 36.4 Å². The first-order chi connectivity index (χ1) is 11.0. The van der Waals surface area contributed by atoms with Crippen LogP contribution in [0.1, 0.15) is 34.6 Å². The van der Waals surface area contributed by atoms with Gasteiger partial charge in [-0.15, -0.1) is 0 Å². The highest BCUT2D eigenvalue weighted by atomic mass is 35.5. The number of halogens is 2. The number of allylic oxidation sites excluding steroid dienone is 1. The fourth-order valence-corrected chi connectivity index (χ4v) is 4.18. The minimum absolute atomic E-state index is 0.150. The highest BCUT2D eigenvalue weighted by Gasteiger charge is 2.37. The second-order valence-electron chi connectivity index (χ2n) is 6.74. The summed E-state index contributed by atoms with van der Waals surface area (Å²) in [5.74, 6) is 0.208. The molecule has 23 heavy (non-hydrogen) atoms. The Morgan fingerprint density at radius 2 is 1.96 bits per heavy atom. The van der Waals surface area contributed by atoms with E-state index in [4.69, 9.17) is 11.6 Å². The van der Waals surface area contributed by atoms with E-state index in [0.717, 1.165) is 30.0 Å². The Bertz CT molecular complexity index is 822. The van der Waals surface area contributed by atoms with Gasteiger partial charge in [0.05, 0.1) is 0 Å². The van der Waals surface area contributed by atoms with Crippen molar-refractivity contribution in [3.05, 3.63) is 69.5 Å². The van der Waals surface area contributed by atoms with Crippen molar-refractivity contribution in [3.63, 3.8) is 0 Å². The van der Waals surface area contributed by atoms with Crippen LogP contribution >= 0.6 is 11.6 Å². The van der Waals surface area contributed by atoms with Gasteiger partial charge in [-0.3, -0.25) is 0 Å². The lowest BCUT2D eigenvalue weighted by molar-refractivity contribution is 0.419. The van der Waals surface area contributed by atoms with E-state index in [1.807, 2.05) is 12.1 Å². The number of hydrogen-bond donors (Lipinski definition) is 0. The summed E-state index contributed by atoms with van der Waals surface area (Å²) in [7, 11) is 4.15. The number of rotatable bonds is 3. The fourth-order valence-electron chi connectivity index (χ4n) is 3.99. The summed E-state index contributed by atoms with van der Waals surface area (Å²) in [6.07, 6.45) is 1.91. The summed E-state index contributed by atoms with van der Waals surface area (Å²) in [5.41, 5.74) is 7.67. The Labute approximate surface area is 141 Å². The van der Waals surface area contributed by atoms with Gasteiger partial charge in [0.2, 0.25) is 0 Å². The molecule has 0 spiro atoms. The lowest BCUT2D eigenvalue weighted by Crippen LogP contribution is -2.13. The van der Waals surface area contributed by atoms with E-state index in [-0.39, 0.29) is 5.82 Å². The number of benzene rings is 2. The number of nitrogens with zero attached hydrogens (tertiary/aromatic N) is 1. The molecule has 1 atom stereocenters. The molecule has 1 unspecified atom stereocenters. The molecule has 3 heteroatoms. The van der Waals surface area contributed by atoms with Gasteiger partial charge in [-0.1, -0.05) is 23.7 Å². The maximum Gasteiger partial charge on any atom is 0.123 e. The third-order valence-corrected chi connectivity index (χ3v) is 5.22. The highest BCUT2D eigenvalue weighted by molar-refractivity contribution is 6.30. The molecule has 0 bridgehead atoms. The Kier molecular flexibility index (Phi) is 3.55. The summed E-state index contributed by atoms with van der Waals surface area (Å²) >= 11 is 6.17. The first-order valence-electron chi connectivity index (χ1n) is 8.01. The molecule has 2 aliphatic rings. The molecule has 0 amide bonds. The first kappa shape index (κ1) is 14.9. The third-order valence-electron chi connectivity index (χ3n) is 4.98. The molecule has 0 radical (unpaired) electrons. The molecule has 4 rings (SSSR count). The van der Waals surface area contributed by atoms with E-state index in [1.54, 1.807) is 12.1 Å². The molecule has 118 valence electrons. The van der Waals surface area contributed by atoms with E-state index < -0.39 is 0 Å². The highest BCUT2D eigenvalue weighted by Crippen LogP contribution is 2.54. The van der Waals surface area contributed by atoms with E-state index in [9.17, 15) is 4.39 Å². The Hall–Kier alpha value is -1.64. The van der Waals surface area contributed by atoms with Crippen LogP contribution in [0.3, 0.4) is 0 Å². The number of hydrogen-bond acceptors (Lipinski definition) is 1. The topological polar surface area (TPSA) is 3.24 Å². The van der Waals surface area contributed by atoms with Crippen LogP contribution < -0.4 is 0 Å². The van der Waals surface area contributed by atoms with Crippen molar-refractivity contribution >= 4 is 22.7 Å². The molecular weight excluding hydrogens is 309 g/mol. The van der Waals surface area contributed by atoms with E-state index in [0.29, 0.717) is 5.92 Å². The largest absolute Gasteiger partial charge is 0.309 e. The summed E-state index contributed by atoms with van der Waals surface area (Å²) in [6.45, 7) is 0.963. The summed E-state index contributed by atoms with van der Waals surface area (Å²) in [5, 5.41) is 0.790. The molecule has 2 aromatic carbocycles. The van der Waals surface area contributed by atoms with E-state index in [1.165, 1.54) is 27.8 Å². The molecule has 0 saturated heterocycles. The molecule has 0 heterocycles. The minimum Gasteiger partial charge on any atom is -0.309 e. The average molecular weight is 328 g/mol. The van der Waals surface area contributed by atoms with Gasteiger partial charge in [0.15, 0.2) is 0 Å². The predicted molar refractivity (Wildman–Crippen MR) is 94.3 cm³/mol. The minimum atomic E-state index is -0.150. The molecule has 0 aliphatic heterocycles. The smallest absolute Gasteiger partial charge is 0.123 e. The lowest BCUT2D eigenvalue weighted by Gasteiger charge is -2.13. The second kappa shape index (κ2) is 5.47. The molecule has 0 N–H and O–H groups in total. The van der Waals surface area contributed by atoms with Crippen LogP contribution in [0.5, 0.6) is 0 Å². The summed E-state index contributed by atoms with van der Waals surface area (Å²) in [6, 6.07) is 11.4. The van der Waals surface area contributed by atoms with E-state index in [2.05, 4.69) is 31.1 Å². The van der Waals surface area contributed by atoms with E-state index >= 15 is 0 Å². The van der Waals surface area contributed by atoms with Crippen molar-refractivity contribution in [2.45, 2.75) is 18.8 Å². The molecule has 1 nitrogen and oxygen atoms in total. The monoisotopic (exact) mass is 327 g/mol. The van der Waals surface area contributed by atoms with Gasteiger partial charge in [0, 0.05) is 17.5 Å². The maximum atomic E-state index is 13.8. The zero-order valence-corrected chi connectivity index (χ0v) is 14.1. The van der Waals surface area contributed by atoms with Crippen molar-refractivity contribution in [1.29, 1.82) is 0 Å². The summed E-state index contributed by atoms with van der Waals surface area (Å²) < 4.78 is 13.8. The molecule has 2 aromatic rings. The van der Waals surface area contributed by atoms with Crippen LogP contribution in [0.2, 0.25) is 5.02 Å². The van der Waals surface area contributed by atoms with Crippen LogP contribution in [-0.2, 0) is 6.42 Å². The summed E-state index contributed by atoms with van der Waals surface area (Å²) in [4.78, 5) is 2.18. The van der Waals surface area contributed by atoms with Crippen LogP contribution in [0, 0.1) is 5.82 Å². The second-order valence-corrected chi connectivity index (χ2v) is 7.17. The SMILES string of the molecule is CN(C)CCC1=C2c3ccc(Cl)cc3CC2c2ccc(F)cc21. The van der Waals surface area contributed by atoms with Crippen LogP contribution in [0.25, 0.3) is 11.1 Å². The molecular formula is C20H19ClFN. The van der Waals surface area contributed by atoms with Gasteiger partial charge in [0.25, 0.3) is 0 Å². The maximum absolute atomic E-state index is 13.8. The van der Waals surface area contributed by atoms with Crippen molar-refractivity contribution in [2.75, 3.05) is 20.6 Å². The van der Waals surface area contributed by atoms with Gasteiger partial charge in [-0.2, -0.15) is 0 Å². The zero-order valence-electron chi connectivity index (χ0n) is 13.4. The Morgan fingerprint density at radius 3 is 2.74 bits per heavy atom. The van der Waals surface area contributed by atoms with Gasteiger partial charge < -0.3 is 4.90 Å². The number of fused-ring (bicyclic) bond motifs is 5. The first-order valence-corrected chi connectivity index (χ1v) is 8.39. The standard InChI is InChI=1S/C20H19ClFN/c1-23(2)8-7-17-18-11-14(22)4-6-16(18)19-10-12-9-13(21)3-5-15(12)20(17)19/h3-6,9,11,19H,7-8,10H2,1-2H3. The molecule has 2 aliphatic carbocycles. The zero-order chi connectivity index (χ0) is 16.1. The van der Waals surface area contributed by atoms with Crippen molar-refractivity contribution in [3.8, 4) is 0 Å². The molecule has 0 fully saturated rings. The Morgan fingerprint density at radius 1 is 1.13 bits per heavy atom. The average Bonchev–Trinajstić information content (AvgIpc) is 2.98. The van der Waals surface area contributed by atoms with Crippen LogP contribution in [0.4, 0.5) is 4.39 Å². The van der Waals surface area contributed by atoms with Crippen molar-refractivity contribution in [1.82, 2.24) is 4.90 Å². The van der Waals surface area contributed by atoms with Crippen molar-refractivity contribution in [2.24, 2.45) is 0 Å². The van der Waals surface area contributed by atoms with Gasteiger partial charge in [-0.25, -0.2) is 4.39 Å². The van der Waals surface area contributed by atoms with Crippen LogP contribution in [-0.4, -0.2) is 25.5 Å². The van der Waals surface area contributed by atoms with Gasteiger partial charge >= 0.3 is 0 Å². The third kappa shape index (κ3) is 2.41.